The average Bonchev–Trinajstić information content (AvgIpc) is 3.15. The highest BCUT2D eigenvalue weighted by Gasteiger charge is 2.45. The number of aryl methyl sites for hydroxylation is 1. The first-order chi connectivity index (χ1) is 14.8. The molecule has 1 aromatic carbocycles. The largest absolute Gasteiger partial charge is 0.384 e. The summed E-state index contributed by atoms with van der Waals surface area (Å²) >= 11 is 3.42. The number of nitrogens with two attached hydrogens (primary N) is 1. The molecular formula is C25H27N3OS2. The Labute approximate surface area is 192 Å². The highest BCUT2D eigenvalue weighted by molar-refractivity contribution is 8.01. The number of allylic oxidation sites excluding steroid dienone is 3. The van der Waals surface area contributed by atoms with Crippen molar-refractivity contribution in [2.24, 2.45) is 11.1 Å². The van der Waals surface area contributed by atoms with Gasteiger partial charge in [-0.3, -0.25) is 9.69 Å². The van der Waals surface area contributed by atoms with Crippen LogP contribution in [-0.4, -0.2) is 11.5 Å². The van der Waals surface area contributed by atoms with Crippen molar-refractivity contribution in [1.82, 2.24) is 0 Å². The molecule has 0 saturated carbocycles. The predicted octanol–water partition coefficient (Wildman–Crippen LogP) is 6.11. The number of ketones is 1. The molecule has 2 heterocycles. The standard InChI is InChI=1S/C25H27N3OS2/c1-5-30-24-17(10-11-31-24)21-18(14-26)23(27)28(16-8-6-15(2)7-9-16)19-12-25(3,4)13-20(29)22(19)21/h6-11,21H,5,12-13,27H2,1-4H3. The smallest absolute Gasteiger partial charge is 0.162 e. The second-order valence-corrected chi connectivity index (χ2v) is 11.4. The lowest BCUT2D eigenvalue weighted by molar-refractivity contribution is -0.118. The van der Waals surface area contributed by atoms with Gasteiger partial charge in [0.05, 0.1) is 21.8 Å². The minimum Gasteiger partial charge on any atom is -0.384 e. The van der Waals surface area contributed by atoms with Crippen molar-refractivity contribution in [1.29, 1.82) is 5.26 Å². The Bertz CT molecular complexity index is 1130. The topological polar surface area (TPSA) is 70.1 Å². The lowest BCUT2D eigenvalue weighted by atomic mass is 9.69. The number of Topliss-reactive ketones (excluding diaryl/α,β-unsaturated/α-hetero) is 1. The Morgan fingerprint density at radius 2 is 1.97 bits per heavy atom. The van der Waals surface area contributed by atoms with Gasteiger partial charge < -0.3 is 5.73 Å². The molecule has 1 atom stereocenters. The van der Waals surface area contributed by atoms with Crippen molar-refractivity contribution >= 4 is 34.6 Å². The third-order valence-electron chi connectivity index (χ3n) is 5.92. The Hall–Kier alpha value is -2.49. The van der Waals surface area contributed by atoms with Crippen molar-refractivity contribution in [3.8, 4) is 6.07 Å². The van der Waals surface area contributed by atoms with Crippen LogP contribution in [0.15, 0.2) is 62.6 Å². The van der Waals surface area contributed by atoms with Gasteiger partial charge in [-0.25, -0.2) is 0 Å². The third-order valence-corrected chi connectivity index (χ3v) is 8.07. The van der Waals surface area contributed by atoms with E-state index in [0.29, 0.717) is 17.8 Å². The summed E-state index contributed by atoms with van der Waals surface area (Å²) in [4.78, 5) is 15.5. The molecule has 2 aromatic rings. The summed E-state index contributed by atoms with van der Waals surface area (Å²) in [5, 5.41) is 12.2. The summed E-state index contributed by atoms with van der Waals surface area (Å²) in [5.41, 5.74) is 11.7. The molecule has 2 N–H and O–H groups in total. The zero-order chi connectivity index (χ0) is 22.3. The summed E-state index contributed by atoms with van der Waals surface area (Å²) < 4.78 is 1.15. The fraction of sp³-hybridized carbons (Fsp3) is 0.360. The number of rotatable bonds is 4. The molecule has 6 heteroatoms. The predicted molar refractivity (Wildman–Crippen MR) is 129 cm³/mol. The van der Waals surface area contributed by atoms with E-state index in [1.165, 1.54) is 0 Å². The lowest BCUT2D eigenvalue weighted by Gasteiger charge is -2.43. The maximum absolute atomic E-state index is 13.6. The summed E-state index contributed by atoms with van der Waals surface area (Å²) in [6, 6.07) is 12.5. The van der Waals surface area contributed by atoms with Crippen LogP contribution in [0.2, 0.25) is 0 Å². The quantitative estimate of drug-likeness (QED) is 0.570. The minimum atomic E-state index is -0.398. The Morgan fingerprint density at radius 1 is 1.26 bits per heavy atom. The number of anilines is 1. The van der Waals surface area contributed by atoms with E-state index in [1.807, 2.05) is 41.5 Å². The summed E-state index contributed by atoms with van der Waals surface area (Å²) in [6.07, 6.45) is 1.21. The number of thiophene rings is 1. The van der Waals surface area contributed by atoms with Gasteiger partial charge in [-0.1, -0.05) is 38.5 Å². The molecule has 0 amide bonds. The van der Waals surface area contributed by atoms with Crippen molar-refractivity contribution < 1.29 is 4.79 Å². The van der Waals surface area contributed by atoms with Gasteiger partial charge in [0.25, 0.3) is 0 Å². The average molecular weight is 450 g/mol. The van der Waals surface area contributed by atoms with Crippen LogP contribution >= 0.6 is 23.1 Å². The molecule has 1 aliphatic carbocycles. The number of hydrogen-bond donors (Lipinski definition) is 1. The van der Waals surface area contributed by atoms with Crippen molar-refractivity contribution in [3.05, 3.63) is 69.5 Å². The molecule has 31 heavy (non-hydrogen) atoms. The first-order valence-electron chi connectivity index (χ1n) is 10.5. The Morgan fingerprint density at radius 3 is 2.61 bits per heavy atom. The summed E-state index contributed by atoms with van der Waals surface area (Å²) in [5.74, 6) is 1.08. The fourth-order valence-electron chi connectivity index (χ4n) is 4.58. The molecule has 0 fully saturated rings. The number of carbonyl (C=O) groups excluding carboxylic acids is 1. The van der Waals surface area contributed by atoms with Gasteiger partial charge in [-0.05, 0) is 53.7 Å². The van der Waals surface area contributed by atoms with Crippen LogP contribution < -0.4 is 10.6 Å². The van der Waals surface area contributed by atoms with Crippen molar-refractivity contribution in [3.63, 3.8) is 0 Å². The van der Waals surface area contributed by atoms with Crippen LogP contribution in [0.25, 0.3) is 0 Å². The zero-order valence-electron chi connectivity index (χ0n) is 18.4. The molecule has 2 aliphatic rings. The van der Waals surface area contributed by atoms with E-state index in [4.69, 9.17) is 5.73 Å². The minimum absolute atomic E-state index is 0.118. The maximum Gasteiger partial charge on any atom is 0.162 e. The monoisotopic (exact) mass is 449 g/mol. The van der Waals surface area contributed by atoms with Gasteiger partial charge >= 0.3 is 0 Å². The Balaban J connectivity index is 1.98. The van der Waals surface area contributed by atoms with E-state index in [9.17, 15) is 10.1 Å². The first-order valence-corrected chi connectivity index (χ1v) is 12.4. The fourth-order valence-corrected chi connectivity index (χ4v) is 6.64. The number of nitriles is 1. The second kappa shape index (κ2) is 8.22. The molecule has 1 unspecified atom stereocenters. The van der Waals surface area contributed by atoms with E-state index >= 15 is 0 Å². The number of carbonyl (C=O) groups is 1. The SMILES string of the molecule is CCSc1sccc1C1C(C#N)=C(N)N(c2ccc(C)cc2)C2=C1C(=O)CC(C)(C)C2. The molecule has 0 saturated heterocycles. The van der Waals surface area contributed by atoms with E-state index < -0.39 is 5.92 Å². The van der Waals surface area contributed by atoms with Crippen LogP contribution in [0, 0.1) is 23.7 Å². The van der Waals surface area contributed by atoms with Crippen molar-refractivity contribution in [2.45, 2.75) is 50.7 Å². The maximum atomic E-state index is 13.6. The molecule has 4 nitrogen and oxygen atoms in total. The van der Waals surface area contributed by atoms with Gasteiger partial charge in [-0.2, -0.15) is 5.26 Å². The van der Waals surface area contributed by atoms with Crippen LogP contribution in [0.3, 0.4) is 0 Å². The normalized spacial score (nSPS) is 20.7. The van der Waals surface area contributed by atoms with Crippen molar-refractivity contribution in [2.75, 3.05) is 10.7 Å². The van der Waals surface area contributed by atoms with Gasteiger partial charge in [0.1, 0.15) is 5.82 Å². The second-order valence-electron chi connectivity index (χ2n) is 8.91. The highest BCUT2D eigenvalue weighted by atomic mass is 32.2. The van der Waals surface area contributed by atoms with E-state index in [-0.39, 0.29) is 11.2 Å². The van der Waals surface area contributed by atoms with E-state index in [1.54, 1.807) is 23.1 Å². The van der Waals surface area contributed by atoms with E-state index in [2.05, 4.69) is 32.9 Å². The van der Waals surface area contributed by atoms with Gasteiger partial charge in [0.2, 0.25) is 0 Å². The first kappa shape index (κ1) is 21.7. The lowest BCUT2D eigenvalue weighted by Crippen LogP contribution is -2.42. The third kappa shape index (κ3) is 3.81. The molecule has 160 valence electrons. The molecule has 1 aromatic heterocycles. The molecule has 1 aliphatic heterocycles. The number of hydrogen-bond acceptors (Lipinski definition) is 6. The molecular weight excluding hydrogens is 422 g/mol. The van der Waals surface area contributed by atoms with Gasteiger partial charge in [-0.15, -0.1) is 23.1 Å². The number of benzene rings is 1. The molecule has 0 bridgehead atoms. The molecule has 0 spiro atoms. The van der Waals surface area contributed by atoms with Crippen LogP contribution in [0.4, 0.5) is 5.69 Å². The van der Waals surface area contributed by atoms with Gasteiger partial charge in [0.15, 0.2) is 5.78 Å². The molecule has 4 rings (SSSR count). The highest BCUT2D eigenvalue weighted by Crippen LogP contribution is 2.52. The van der Waals surface area contributed by atoms with Crippen LogP contribution in [0.1, 0.15) is 50.7 Å². The van der Waals surface area contributed by atoms with Crippen LogP contribution in [0.5, 0.6) is 0 Å². The summed E-state index contributed by atoms with van der Waals surface area (Å²) in [6.45, 7) is 8.40. The van der Waals surface area contributed by atoms with Gasteiger partial charge in [0, 0.05) is 23.4 Å². The number of thioether (sulfide) groups is 1. The zero-order valence-corrected chi connectivity index (χ0v) is 20.0. The Kier molecular flexibility index (Phi) is 5.76. The summed E-state index contributed by atoms with van der Waals surface area (Å²) in [7, 11) is 0. The van der Waals surface area contributed by atoms with E-state index in [0.717, 1.165) is 44.5 Å². The van der Waals surface area contributed by atoms with Crippen LogP contribution in [-0.2, 0) is 4.79 Å². The molecule has 0 radical (unpaired) electrons. The number of nitrogens with zero attached hydrogens (tertiary/aromatic N) is 2.